The van der Waals surface area contributed by atoms with Crippen LogP contribution in [0.4, 0.5) is 0 Å². The molecule has 4 aromatic heterocycles. The lowest BCUT2D eigenvalue weighted by Crippen LogP contribution is -2.10. The molecule has 0 aliphatic rings. The van der Waals surface area contributed by atoms with E-state index in [0.29, 0.717) is 0 Å². The Morgan fingerprint density at radius 1 is 0.292 bits per heavy atom. The number of pyridine rings is 2. The molecule has 11 rings (SSSR count). The average molecular weight is 939 g/mol. The number of hydrogen-bond donors (Lipinski definition) is 0. The summed E-state index contributed by atoms with van der Waals surface area (Å²) in [6.45, 7) is 27.6. The highest BCUT2D eigenvalue weighted by Crippen LogP contribution is 2.44. The molecule has 0 saturated heterocycles. The number of rotatable bonds is 6. The Kier molecular flexibility index (Phi) is 11.1. The van der Waals surface area contributed by atoms with E-state index in [0.717, 1.165) is 56.1 Å². The Morgan fingerprint density at radius 2 is 0.583 bits per heavy atom. The van der Waals surface area contributed by atoms with E-state index < -0.39 is 0 Å². The van der Waals surface area contributed by atoms with E-state index in [-0.39, 0.29) is 21.7 Å². The van der Waals surface area contributed by atoms with Crippen molar-refractivity contribution in [2.24, 2.45) is 0 Å². The van der Waals surface area contributed by atoms with Crippen molar-refractivity contribution in [3.63, 3.8) is 0 Å². The van der Waals surface area contributed by atoms with Gasteiger partial charge in [-0.3, -0.25) is 9.97 Å². The molecule has 0 bridgehead atoms. The lowest BCUT2D eigenvalue weighted by Gasteiger charge is -2.19. The summed E-state index contributed by atoms with van der Waals surface area (Å²) >= 11 is 0. The lowest BCUT2D eigenvalue weighted by molar-refractivity contribution is 0.590. The van der Waals surface area contributed by atoms with E-state index in [4.69, 9.17) is 9.97 Å². The van der Waals surface area contributed by atoms with Crippen molar-refractivity contribution < 1.29 is 0 Å². The largest absolute Gasteiger partial charge is 0.309 e. The maximum absolute atomic E-state index is 4.97. The molecule has 11 aromatic rings. The maximum atomic E-state index is 4.97. The second-order valence-corrected chi connectivity index (χ2v) is 24.1. The SMILES string of the molecule is CC(C)(C)c1ccc2c(c1)c1cc(C(C)(C)C)ccc1n2-c1ccc(-c2cc(-c3ccccn3)c(-c3ccc(-n4c5ccc(C(C)(C)C)cc5c5cc(C(C)(C)C)ccc54)cc3)cc2-c2ccccn2)cc1. The molecule has 0 amide bonds. The predicted octanol–water partition coefficient (Wildman–Crippen LogP) is 18.5. The van der Waals surface area contributed by atoms with Crippen LogP contribution in [0.3, 0.4) is 0 Å². The maximum Gasteiger partial charge on any atom is 0.0708 e. The van der Waals surface area contributed by atoms with Gasteiger partial charge in [0.05, 0.1) is 33.5 Å². The molecular formula is C68H66N4. The average Bonchev–Trinajstić information content (AvgIpc) is 3.87. The highest BCUT2D eigenvalue weighted by molar-refractivity contribution is 6.11. The van der Waals surface area contributed by atoms with E-state index >= 15 is 0 Å². The first-order valence-electron chi connectivity index (χ1n) is 25.6. The van der Waals surface area contributed by atoms with Gasteiger partial charge in [0, 0.05) is 56.4 Å². The molecule has 0 radical (unpaired) electrons. The number of fused-ring (bicyclic) bond motifs is 6. The van der Waals surface area contributed by atoms with Crippen molar-refractivity contribution in [2.45, 2.75) is 105 Å². The molecule has 7 aromatic carbocycles. The topological polar surface area (TPSA) is 35.6 Å². The van der Waals surface area contributed by atoms with Gasteiger partial charge in [-0.05, 0) is 175 Å². The fourth-order valence-corrected chi connectivity index (χ4v) is 10.6. The third-order valence-electron chi connectivity index (χ3n) is 14.9. The molecule has 0 spiro atoms. The van der Waals surface area contributed by atoms with Gasteiger partial charge in [-0.25, -0.2) is 0 Å². The van der Waals surface area contributed by atoms with Crippen molar-refractivity contribution in [3.8, 4) is 56.1 Å². The van der Waals surface area contributed by atoms with Crippen LogP contribution in [0.25, 0.3) is 99.8 Å². The van der Waals surface area contributed by atoms with Gasteiger partial charge >= 0.3 is 0 Å². The molecule has 358 valence electrons. The fraction of sp³-hybridized carbons (Fsp3) is 0.235. The number of hydrogen-bond acceptors (Lipinski definition) is 2. The molecule has 4 nitrogen and oxygen atoms in total. The molecule has 0 fully saturated rings. The second-order valence-electron chi connectivity index (χ2n) is 24.1. The van der Waals surface area contributed by atoms with E-state index in [1.165, 1.54) is 65.9 Å². The zero-order chi connectivity index (χ0) is 50.5. The van der Waals surface area contributed by atoms with Gasteiger partial charge in [0.15, 0.2) is 0 Å². The molecule has 0 saturated carbocycles. The molecule has 0 atom stereocenters. The molecule has 4 heteroatoms. The first-order chi connectivity index (χ1) is 34.2. The van der Waals surface area contributed by atoms with Crippen molar-refractivity contribution in [1.29, 1.82) is 0 Å². The van der Waals surface area contributed by atoms with Crippen LogP contribution in [0, 0.1) is 0 Å². The molecule has 0 aliphatic heterocycles. The van der Waals surface area contributed by atoms with E-state index in [9.17, 15) is 0 Å². The van der Waals surface area contributed by atoms with Gasteiger partial charge in [0.2, 0.25) is 0 Å². The summed E-state index contributed by atoms with van der Waals surface area (Å²) < 4.78 is 4.87. The van der Waals surface area contributed by atoms with Crippen molar-refractivity contribution in [1.82, 2.24) is 19.1 Å². The summed E-state index contributed by atoms with van der Waals surface area (Å²) in [4.78, 5) is 9.94. The summed E-state index contributed by atoms with van der Waals surface area (Å²) in [6.07, 6.45) is 3.78. The van der Waals surface area contributed by atoms with Crippen LogP contribution < -0.4 is 0 Å². The minimum Gasteiger partial charge on any atom is -0.309 e. The summed E-state index contributed by atoms with van der Waals surface area (Å²) in [5.74, 6) is 0. The van der Waals surface area contributed by atoms with Crippen molar-refractivity contribution in [2.75, 3.05) is 0 Å². The monoisotopic (exact) mass is 939 g/mol. The Morgan fingerprint density at radius 3 is 0.833 bits per heavy atom. The molecule has 0 N–H and O–H groups in total. The van der Waals surface area contributed by atoms with Crippen LogP contribution >= 0.6 is 0 Å². The number of nitrogens with zero attached hydrogens (tertiary/aromatic N) is 4. The first-order valence-corrected chi connectivity index (χ1v) is 25.6. The zero-order valence-electron chi connectivity index (χ0n) is 44.1. The van der Waals surface area contributed by atoms with Gasteiger partial charge in [-0.1, -0.05) is 144 Å². The Labute approximate surface area is 426 Å². The van der Waals surface area contributed by atoms with E-state index in [1.807, 2.05) is 24.5 Å². The van der Waals surface area contributed by atoms with E-state index in [2.05, 4.69) is 250 Å². The van der Waals surface area contributed by atoms with Crippen LogP contribution in [0.2, 0.25) is 0 Å². The van der Waals surface area contributed by atoms with Crippen LogP contribution in [0.5, 0.6) is 0 Å². The van der Waals surface area contributed by atoms with Gasteiger partial charge < -0.3 is 9.13 Å². The molecular weight excluding hydrogens is 873 g/mol. The van der Waals surface area contributed by atoms with E-state index in [1.54, 1.807) is 0 Å². The third-order valence-corrected chi connectivity index (χ3v) is 14.9. The second kappa shape index (κ2) is 17.1. The Hall–Kier alpha value is -7.56. The predicted molar refractivity (Wildman–Crippen MR) is 307 cm³/mol. The Balaban J connectivity index is 1.06. The van der Waals surface area contributed by atoms with Gasteiger partial charge in [-0.15, -0.1) is 0 Å². The summed E-state index contributed by atoms with van der Waals surface area (Å²) in [5, 5.41) is 5.14. The van der Waals surface area contributed by atoms with Crippen LogP contribution in [0.15, 0.2) is 182 Å². The Bertz CT molecular complexity index is 3440. The smallest absolute Gasteiger partial charge is 0.0708 e. The van der Waals surface area contributed by atoms with Gasteiger partial charge in [-0.2, -0.15) is 0 Å². The summed E-state index contributed by atoms with van der Waals surface area (Å²) in [7, 11) is 0. The normalized spacial score (nSPS) is 12.7. The third kappa shape index (κ3) is 8.31. The first kappa shape index (κ1) is 46.8. The minimum absolute atomic E-state index is 0.0335. The number of aromatic nitrogens is 4. The minimum atomic E-state index is 0.0335. The van der Waals surface area contributed by atoms with Crippen LogP contribution in [-0.4, -0.2) is 19.1 Å². The molecule has 72 heavy (non-hydrogen) atoms. The van der Waals surface area contributed by atoms with Crippen LogP contribution in [0.1, 0.15) is 105 Å². The standard InChI is InChI=1S/C68H66N4/c1-65(2,3)45-23-31-61-55(37-45)56-38-46(66(4,5)6)24-32-62(56)71(61)49-27-19-43(20-28-49)51-41-54(60-18-14-16-36-70-60)52(42-53(51)59-17-13-15-35-69-59)44-21-29-50(30-22-44)72-63-33-25-47(67(7,8)9)39-57(63)58-40-48(68(10,11)12)26-34-64(58)72/h13-42H,1-12H3. The number of benzene rings is 7. The summed E-state index contributed by atoms with van der Waals surface area (Å²) in [6, 6.07) is 63.4. The fourth-order valence-electron chi connectivity index (χ4n) is 10.6. The van der Waals surface area contributed by atoms with Crippen molar-refractivity contribution in [3.05, 3.63) is 205 Å². The van der Waals surface area contributed by atoms with Crippen LogP contribution in [-0.2, 0) is 21.7 Å². The van der Waals surface area contributed by atoms with Gasteiger partial charge in [0.1, 0.15) is 0 Å². The molecule has 4 heterocycles. The zero-order valence-corrected chi connectivity index (χ0v) is 44.1. The van der Waals surface area contributed by atoms with Gasteiger partial charge in [0.25, 0.3) is 0 Å². The lowest BCUT2D eigenvalue weighted by atomic mass is 9.85. The highest BCUT2D eigenvalue weighted by Gasteiger charge is 2.24. The summed E-state index contributed by atoms with van der Waals surface area (Å²) in [5.41, 5.74) is 21.0. The quantitative estimate of drug-likeness (QED) is 0.167. The highest BCUT2D eigenvalue weighted by atomic mass is 15.0. The molecule has 0 aliphatic carbocycles. The van der Waals surface area contributed by atoms with Crippen molar-refractivity contribution >= 4 is 43.6 Å². The molecule has 0 unspecified atom stereocenters.